The van der Waals surface area contributed by atoms with Crippen LogP contribution in [0.5, 0.6) is 0 Å². The second kappa shape index (κ2) is 4.78. The van der Waals surface area contributed by atoms with Crippen LogP contribution in [-0.4, -0.2) is 35.4 Å². The van der Waals surface area contributed by atoms with Gasteiger partial charge in [-0.05, 0) is 19.1 Å². The lowest BCUT2D eigenvalue weighted by atomic mass is 10.3. The quantitative estimate of drug-likeness (QED) is 0.620. The number of nitrogens with one attached hydrogen (secondary N) is 1. The van der Waals surface area contributed by atoms with Gasteiger partial charge in [-0.2, -0.15) is 0 Å². The summed E-state index contributed by atoms with van der Waals surface area (Å²) in [5, 5.41) is 19.9. The molecule has 0 saturated heterocycles. The molecular weight excluding hydrogens is 186 g/mol. The molecule has 1 atom stereocenters. The summed E-state index contributed by atoms with van der Waals surface area (Å²) >= 11 is 0. The zero-order valence-electron chi connectivity index (χ0n) is 7.86. The van der Waals surface area contributed by atoms with Crippen molar-refractivity contribution in [2.75, 3.05) is 13.2 Å². The van der Waals surface area contributed by atoms with Gasteiger partial charge in [0.25, 0.3) is 5.91 Å². The first kappa shape index (κ1) is 10.7. The third-order valence-electron chi connectivity index (χ3n) is 1.67. The Balaban J connectivity index is 2.43. The molecule has 1 aromatic heterocycles. The van der Waals surface area contributed by atoms with Gasteiger partial charge in [-0.1, -0.05) is 0 Å². The van der Waals surface area contributed by atoms with Crippen LogP contribution < -0.4 is 5.32 Å². The van der Waals surface area contributed by atoms with Gasteiger partial charge in [-0.25, -0.2) is 0 Å². The van der Waals surface area contributed by atoms with E-state index in [-0.39, 0.29) is 18.9 Å². The van der Waals surface area contributed by atoms with Gasteiger partial charge in [-0.15, -0.1) is 0 Å². The van der Waals surface area contributed by atoms with Gasteiger partial charge in [0.1, 0.15) is 5.76 Å². The van der Waals surface area contributed by atoms with Gasteiger partial charge >= 0.3 is 0 Å². The SMILES string of the molecule is Cc1ccc(C(=O)NCC(O)CO)o1. The van der Waals surface area contributed by atoms with Gasteiger partial charge in [0.05, 0.1) is 12.7 Å². The molecule has 1 heterocycles. The Labute approximate surface area is 81.4 Å². The largest absolute Gasteiger partial charge is 0.456 e. The molecule has 0 bridgehead atoms. The number of rotatable bonds is 4. The van der Waals surface area contributed by atoms with E-state index < -0.39 is 12.0 Å². The first-order chi connectivity index (χ1) is 6.63. The Morgan fingerprint density at radius 3 is 2.86 bits per heavy atom. The van der Waals surface area contributed by atoms with Gasteiger partial charge in [0, 0.05) is 6.54 Å². The van der Waals surface area contributed by atoms with Gasteiger partial charge in [-0.3, -0.25) is 4.79 Å². The number of aliphatic hydroxyl groups excluding tert-OH is 2. The maximum absolute atomic E-state index is 11.3. The van der Waals surface area contributed by atoms with Crippen molar-refractivity contribution in [3.8, 4) is 0 Å². The first-order valence-corrected chi connectivity index (χ1v) is 4.27. The van der Waals surface area contributed by atoms with Gasteiger partial charge in [0.15, 0.2) is 5.76 Å². The molecule has 1 unspecified atom stereocenters. The Morgan fingerprint density at radius 2 is 2.36 bits per heavy atom. The summed E-state index contributed by atoms with van der Waals surface area (Å²) in [5.41, 5.74) is 0. The molecule has 0 spiro atoms. The molecule has 1 aromatic rings. The molecular formula is C9H13NO4. The van der Waals surface area contributed by atoms with E-state index in [0.29, 0.717) is 5.76 Å². The van der Waals surface area contributed by atoms with Crippen molar-refractivity contribution < 1.29 is 19.4 Å². The zero-order valence-corrected chi connectivity index (χ0v) is 7.86. The van der Waals surface area contributed by atoms with E-state index in [1.165, 1.54) is 0 Å². The highest BCUT2D eigenvalue weighted by Crippen LogP contribution is 2.05. The van der Waals surface area contributed by atoms with Crippen LogP contribution in [0.3, 0.4) is 0 Å². The number of carbonyl (C=O) groups excluding carboxylic acids is 1. The molecule has 5 heteroatoms. The van der Waals surface area contributed by atoms with Crippen LogP contribution in [0.15, 0.2) is 16.5 Å². The molecule has 0 saturated carbocycles. The van der Waals surface area contributed by atoms with Crippen molar-refractivity contribution >= 4 is 5.91 Å². The number of hydrogen-bond donors (Lipinski definition) is 3. The Kier molecular flexibility index (Phi) is 3.67. The summed E-state index contributed by atoms with van der Waals surface area (Å²) in [6.07, 6.45) is -0.935. The summed E-state index contributed by atoms with van der Waals surface area (Å²) in [7, 11) is 0. The molecule has 0 aliphatic carbocycles. The average molecular weight is 199 g/mol. The minimum absolute atomic E-state index is 0.00901. The fourth-order valence-corrected chi connectivity index (χ4v) is 0.919. The van der Waals surface area contributed by atoms with E-state index in [1.807, 2.05) is 0 Å². The lowest BCUT2D eigenvalue weighted by Gasteiger charge is -2.07. The van der Waals surface area contributed by atoms with Crippen molar-refractivity contribution in [1.29, 1.82) is 0 Å². The fourth-order valence-electron chi connectivity index (χ4n) is 0.919. The topological polar surface area (TPSA) is 82.7 Å². The minimum Gasteiger partial charge on any atom is -0.456 e. The standard InChI is InChI=1S/C9H13NO4/c1-6-2-3-8(14-6)9(13)10-4-7(12)5-11/h2-3,7,11-12H,4-5H2,1H3,(H,10,13). The smallest absolute Gasteiger partial charge is 0.287 e. The molecule has 0 fully saturated rings. The number of amides is 1. The van der Waals surface area contributed by atoms with Crippen LogP contribution >= 0.6 is 0 Å². The number of hydrogen-bond acceptors (Lipinski definition) is 4. The second-order valence-corrected chi connectivity index (χ2v) is 2.96. The minimum atomic E-state index is -0.935. The number of furan rings is 1. The predicted octanol–water partition coefficient (Wildman–Crippen LogP) is -0.329. The van der Waals surface area contributed by atoms with E-state index in [1.54, 1.807) is 19.1 Å². The van der Waals surface area contributed by atoms with Crippen molar-refractivity contribution in [1.82, 2.24) is 5.32 Å². The molecule has 0 aromatic carbocycles. The summed E-state index contributed by atoms with van der Waals surface area (Å²) in [4.78, 5) is 11.3. The molecule has 14 heavy (non-hydrogen) atoms. The molecule has 3 N–H and O–H groups in total. The van der Waals surface area contributed by atoms with Crippen molar-refractivity contribution in [2.45, 2.75) is 13.0 Å². The third-order valence-corrected chi connectivity index (χ3v) is 1.67. The van der Waals surface area contributed by atoms with E-state index in [9.17, 15) is 4.79 Å². The zero-order chi connectivity index (χ0) is 10.6. The normalized spacial score (nSPS) is 12.5. The highest BCUT2D eigenvalue weighted by atomic mass is 16.3. The van der Waals surface area contributed by atoms with Crippen LogP contribution in [0.25, 0.3) is 0 Å². The number of aliphatic hydroxyl groups is 2. The highest BCUT2D eigenvalue weighted by Gasteiger charge is 2.10. The number of aryl methyl sites for hydroxylation is 1. The molecule has 1 amide bonds. The van der Waals surface area contributed by atoms with E-state index in [2.05, 4.69) is 5.32 Å². The van der Waals surface area contributed by atoms with Crippen LogP contribution in [0.1, 0.15) is 16.3 Å². The van der Waals surface area contributed by atoms with E-state index in [4.69, 9.17) is 14.6 Å². The van der Waals surface area contributed by atoms with Crippen LogP contribution in [0, 0.1) is 6.92 Å². The van der Waals surface area contributed by atoms with Crippen LogP contribution in [-0.2, 0) is 0 Å². The van der Waals surface area contributed by atoms with E-state index in [0.717, 1.165) is 0 Å². The van der Waals surface area contributed by atoms with Crippen molar-refractivity contribution in [3.05, 3.63) is 23.7 Å². The van der Waals surface area contributed by atoms with Crippen LogP contribution in [0.2, 0.25) is 0 Å². The summed E-state index contributed by atoms with van der Waals surface area (Å²) in [5.74, 6) is 0.455. The summed E-state index contributed by atoms with van der Waals surface area (Å²) < 4.78 is 5.06. The molecule has 5 nitrogen and oxygen atoms in total. The maximum Gasteiger partial charge on any atom is 0.287 e. The molecule has 78 valence electrons. The average Bonchev–Trinajstić information content (AvgIpc) is 2.60. The van der Waals surface area contributed by atoms with Crippen LogP contribution in [0.4, 0.5) is 0 Å². The first-order valence-electron chi connectivity index (χ1n) is 4.27. The Morgan fingerprint density at radius 1 is 1.64 bits per heavy atom. The summed E-state index contributed by atoms with van der Waals surface area (Å²) in [6.45, 7) is 1.37. The van der Waals surface area contributed by atoms with Crippen molar-refractivity contribution in [3.63, 3.8) is 0 Å². The molecule has 0 aliphatic rings. The Bertz CT molecular complexity index is 308. The van der Waals surface area contributed by atoms with Crippen molar-refractivity contribution in [2.24, 2.45) is 0 Å². The molecule has 0 aliphatic heterocycles. The monoisotopic (exact) mass is 199 g/mol. The second-order valence-electron chi connectivity index (χ2n) is 2.96. The number of carbonyl (C=O) groups is 1. The Hall–Kier alpha value is -1.33. The van der Waals surface area contributed by atoms with Gasteiger partial charge < -0.3 is 19.9 Å². The fraction of sp³-hybridized carbons (Fsp3) is 0.444. The van der Waals surface area contributed by atoms with E-state index >= 15 is 0 Å². The summed E-state index contributed by atoms with van der Waals surface area (Å²) in [6, 6.07) is 3.23. The predicted molar refractivity (Wildman–Crippen MR) is 48.9 cm³/mol. The third kappa shape index (κ3) is 2.86. The maximum atomic E-state index is 11.3. The lowest BCUT2D eigenvalue weighted by Crippen LogP contribution is -2.33. The highest BCUT2D eigenvalue weighted by molar-refractivity contribution is 5.91. The molecule has 0 radical (unpaired) electrons. The lowest BCUT2D eigenvalue weighted by molar-refractivity contribution is 0.0783. The molecule has 1 rings (SSSR count). The van der Waals surface area contributed by atoms with Gasteiger partial charge in [0.2, 0.25) is 0 Å².